The van der Waals surface area contributed by atoms with Gasteiger partial charge in [0.05, 0.1) is 82.8 Å². The Labute approximate surface area is 640 Å². The van der Waals surface area contributed by atoms with Gasteiger partial charge in [0.2, 0.25) is 17.6 Å². The van der Waals surface area contributed by atoms with Crippen LogP contribution in [-0.4, -0.2) is 227 Å². The molecular weight excluding hydrogens is 1620 g/mol. The molecule has 0 saturated carbocycles. The molecule has 0 aromatic carbocycles. The normalized spacial score (nSPS) is 15.8. The quantitative estimate of drug-likeness (QED) is 0.0165. The van der Waals surface area contributed by atoms with Crippen molar-refractivity contribution in [1.82, 2.24) is 30.2 Å². The molecule has 0 unspecified atom stereocenters. The summed E-state index contributed by atoms with van der Waals surface area (Å²) in [6.07, 6.45) is 8.10. The number of Topliss-reactive ketones (excluding diaryl/α,β-unsaturated/α-hetero) is 2. The van der Waals surface area contributed by atoms with Crippen molar-refractivity contribution in [2.75, 3.05) is 161 Å². The van der Waals surface area contributed by atoms with E-state index < -0.39 is 29.4 Å². The van der Waals surface area contributed by atoms with Crippen molar-refractivity contribution in [3.63, 3.8) is 0 Å². The number of hydrogen-bond donors (Lipinski definition) is 2. The second kappa shape index (κ2) is 49.7. The van der Waals surface area contributed by atoms with Gasteiger partial charge in [-0.2, -0.15) is 0 Å². The number of carbonyl (C=O) groups is 6. The molecule has 0 spiro atoms. The van der Waals surface area contributed by atoms with Crippen LogP contribution in [0.15, 0.2) is 69.8 Å². The van der Waals surface area contributed by atoms with Crippen LogP contribution in [0.3, 0.4) is 0 Å². The van der Waals surface area contributed by atoms with Gasteiger partial charge in [0.1, 0.15) is 51.3 Å². The van der Waals surface area contributed by atoms with E-state index in [1.807, 2.05) is 24.0 Å². The van der Waals surface area contributed by atoms with Crippen molar-refractivity contribution >= 4 is 199 Å². The molecule has 10 heterocycles. The number of alkyl halides is 1. The van der Waals surface area contributed by atoms with E-state index in [0.29, 0.717) is 100 Å². The number of imide groups is 2. The van der Waals surface area contributed by atoms with Gasteiger partial charge in [0.25, 0.3) is 10.5 Å². The number of aromatic nitrogens is 4. The number of ketones is 2. The fourth-order valence-corrected chi connectivity index (χ4v) is 27.4. The summed E-state index contributed by atoms with van der Waals surface area (Å²) >= 11 is 35.9. The summed E-state index contributed by atoms with van der Waals surface area (Å²) in [6.45, 7) is 31.8. The predicted octanol–water partition coefficient (Wildman–Crippen LogP) is 14.5. The summed E-state index contributed by atoms with van der Waals surface area (Å²) < 4.78 is 40.7. The van der Waals surface area contributed by atoms with Gasteiger partial charge in [0.15, 0.2) is 5.78 Å². The Hall–Kier alpha value is -4.02. The summed E-state index contributed by atoms with van der Waals surface area (Å²) in [4.78, 5) is 94.0. The molecule has 34 heteroatoms. The molecule has 4 aromatic rings. The molecule has 6 fully saturated rings. The van der Waals surface area contributed by atoms with Crippen LogP contribution in [0.4, 0.5) is 32.9 Å². The Kier molecular flexibility index (Phi) is 43.9. The summed E-state index contributed by atoms with van der Waals surface area (Å²) in [6, 6.07) is 13.6. The molecule has 549 valence electrons. The van der Waals surface area contributed by atoms with Crippen molar-refractivity contribution in [3.8, 4) is 0 Å². The number of nitrogens with zero attached hydrogens (tertiary/aromatic N) is 10. The van der Waals surface area contributed by atoms with E-state index in [0.717, 1.165) is 118 Å². The van der Waals surface area contributed by atoms with Gasteiger partial charge in [-0.15, -0.1) is 0 Å². The first kappa shape index (κ1) is 88.4. The Morgan fingerprint density at radius 2 is 0.950 bits per heavy atom. The van der Waals surface area contributed by atoms with Gasteiger partial charge in [-0.05, 0) is 55.5 Å². The summed E-state index contributed by atoms with van der Waals surface area (Å²) in [5.74, 6) is 2.91. The van der Waals surface area contributed by atoms with Gasteiger partial charge >= 0.3 is 144 Å². The second-order valence-electron chi connectivity index (χ2n) is 22.5. The minimum absolute atomic E-state index is 0.0676. The monoisotopic (exact) mass is 1710 g/mol. The van der Waals surface area contributed by atoms with E-state index in [2.05, 4.69) is 121 Å². The molecule has 0 aliphatic carbocycles. The molecular formula is C66H91BBrCl5N11O12S3Sn. The molecule has 0 bridgehead atoms. The number of halogens is 6. The zero-order chi connectivity index (χ0) is 73.4. The van der Waals surface area contributed by atoms with Crippen LogP contribution in [0, 0.1) is 0 Å². The van der Waals surface area contributed by atoms with Crippen molar-refractivity contribution in [2.45, 2.75) is 86.5 Å². The number of nitrogens with one attached hydrogen (secondary N) is 1. The third-order valence-corrected chi connectivity index (χ3v) is 33.6. The topological polar surface area (TPSA) is 250 Å². The minimum atomic E-state index is -2.24. The van der Waals surface area contributed by atoms with Crippen molar-refractivity contribution in [3.05, 3.63) is 108 Å². The van der Waals surface area contributed by atoms with E-state index in [1.165, 1.54) is 61.7 Å². The van der Waals surface area contributed by atoms with E-state index in [9.17, 15) is 28.8 Å². The average Bonchev–Trinajstić information content (AvgIpc) is 1.07. The van der Waals surface area contributed by atoms with Crippen LogP contribution in [0.2, 0.25) is 38.6 Å². The molecule has 4 amide bonds. The van der Waals surface area contributed by atoms with Crippen LogP contribution in [0.1, 0.15) is 99.8 Å². The van der Waals surface area contributed by atoms with Crippen LogP contribution in [0.25, 0.3) is 5.76 Å². The second-order valence-corrected chi connectivity index (χ2v) is 40.5. The van der Waals surface area contributed by atoms with Crippen molar-refractivity contribution in [2.24, 2.45) is 4.30 Å². The maximum atomic E-state index is 12.4. The fourth-order valence-electron chi connectivity index (χ4n) is 10.2. The van der Waals surface area contributed by atoms with Gasteiger partial charge in [-0.3, -0.25) is 39.0 Å². The van der Waals surface area contributed by atoms with Gasteiger partial charge < -0.3 is 43.3 Å². The number of carbonyl (C=O) groups excluding carboxylic acids is 6. The van der Waals surface area contributed by atoms with E-state index in [4.69, 9.17) is 86.4 Å². The number of amides is 4. The first-order chi connectivity index (χ1) is 48.1. The van der Waals surface area contributed by atoms with Crippen molar-refractivity contribution < 1.29 is 57.2 Å². The van der Waals surface area contributed by atoms with Crippen LogP contribution >= 0.6 is 110 Å². The molecule has 23 nitrogen and oxygen atoms in total. The number of hydrogen-bond acceptors (Lipinski definition) is 24. The van der Waals surface area contributed by atoms with Gasteiger partial charge in [-0.1, -0.05) is 104 Å². The zero-order valence-corrected chi connectivity index (χ0v) is 68.2. The third-order valence-electron chi connectivity index (χ3n) is 15.4. The predicted molar refractivity (Wildman–Crippen MR) is 416 cm³/mol. The molecule has 100 heavy (non-hydrogen) atoms. The molecule has 4 aromatic heterocycles. The zero-order valence-electron chi connectivity index (χ0n) is 57.4. The number of unbranched alkanes of at least 4 members (excludes halogenated alkanes) is 3. The number of morpholine rings is 4. The number of rotatable bonds is 24. The number of thioether (sulfide) groups is 2. The first-order valence-electron chi connectivity index (χ1n) is 33.0. The van der Waals surface area contributed by atoms with Crippen LogP contribution in [-0.2, 0) is 38.0 Å². The molecule has 1 radical (unpaired) electrons. The van der Waals surface area contributed by atoms with Gasteiger partial charge in [-0.25, -0.2) is 19.9 Å². The first-order valence-corrected chi connectivity index (χ1v) is 45.9. The van der Waals surface area contributed by atoms with Crippen molar-refractivity contribution in [1.29, 1.82) is 0 Å². The summed E-state index contributed by atoms with van der Waals surface area (Å²) in [5, 5.41) is 4.33. The SMILES string of the molecule is C=C(OCC)c1cc(Cl)cc(N2CCOCC2)n1.C=[C](OCC)[Sn]([CH2]CCC)([CH2]CCC)[CH2]CCC.Clc1cc(Cl)nc(N2CCOCC2)c1.O=C(CBr)c1cc(Cl)cc(N2CCOCC2)n1.O=C(CN1C(=O)CSC1=O)c1cc(Cl)cc(N2CCOCC2)n1.O=C1CSC(=O)N1.[B]=NS. The van der Waals surface area contributed by atoms with Gasteiger partial charge in [0, 0.05) is 72.4 Å². The average molecular weight is 1710 g/mol. The Morgan fingerprint density at radius 1 is 0.580 bits per heavy atom. The van der Waals surface area contributed by atoms with Crippen LogP contribution < -0.4 is 24.9 Å². The number of ether oxygens (including phenoxy) is 6. The number of thiol groups is 1. The molecule has 1 N–H and O–H groups in total. The van der Waals surface area contributed by atoms with E-state index >= 15 is 0 Å². The number of pyridine rings is 4. The molecule has 6 aliphatic rings. The maximum absolute atomic E-state index is 12.4. The third kappa shape index (κ3) is 32.1. The summed E-state index contributed by atoms with van der Waals surface area (Å²) in [7, 11) is 4.34. The number of anilines is 4. The Balaban J connectivity index is 0.000000258. The van der Waals surface area contributed by atoms with E-state index in [1.54, 1.807) is 30.3 Å². The van der Waals surface area contributed by atoms with Crippen LogP contribution in [0.5, 0.6) is 0 Å². The molecule has 6 aliphatic heterocycles. The summed E-state index contributed by atoms with van der Waals surface area (Å²) in [5.41, 5.74) is 1.23. The van der Waals surface area contributed by atoms with E-state index in [-0.39, 0.29) is 46.2 Å². The Bertz CT molecular complexity index is 3220. The molecule has 10 rings (SSSR count). The Morgan fingerprint density at radius 3 is 1.27 bits per heavy atom. The standard InChI is InChI=1S/C14H14ClN3O4S.C13H17ClN2O2.C11H12BrClN2O2.C9H10Cl2N2O.C4H7O.3C4H9.C3H3NO2S.BHNS.Sn/c15-9-5-10(11(19)7-18-13(20)8-23-14(18)21)16-12(6-9)17-1-3-22-4-2-17;1-3-18-10(2)12-8-11(14)9-13(15-12)16-4-6-17-7-5-16;12-7-10(16)9-5-8(13)6-11(14-9)15-1-3-17-4-2-15;10-7-5-8(11)12-9(6-7)13-1-3-14-4-2-13;1-3-5-4-2;3*1-3-4-2;5-2-1-7-3(6)4-2;1-2-3;/h5-6H,1-4,7-8H2;8-9H,2-7H2,1H3;5-6H,1-4,7H2;5-6H,1-4H2;1,4H2,2H3;3*1,3-4H2,2H3;1H2,(H,4,5,6);3H;. The molecule has 6 saturated heterocycles. The fraction of sp³-hybridized carbons (Fsp3) is 0.545. The molecule has 0 atom stereocenters.